The van der Waals surface area contributed by atoms with Gasteiger partial charge in [0, 0.05) is 24.6 Å². The minimum atomic E-state index is 0.0425. The number of carbonyl (C=O) groups excluding carboxylic acids is 1. The summed E-state index contributed by atoms with van der Waals surface area (Å²) in [5, 5.41) is 9.53. The zero-order chi connectivity index (χ0) is 15.3. The molecule has 0 radical (unpaired) electrons. The number of likely N-dealkylation sites (tertiary alicyclic amines) is 1. The van der Waals surface area contributed by atoms with Crippen LogP contribution >= 0.6 is 11.8 Å². The summed E-state index contributed by atoms with van der Waals surface area (Å²) in [6.45, 7) is 5.99. The molecule has 1 saturated heterocycles. The number of aliphatic hydroxyl groups is 1. The van der Waals surface area contributed by atoms with E-state index in [1.54, 1.807) is 11.8 Å². The van der Waals surface area contributed by atoms with E-state index in [1.807, 2.05) is 4.90 Å². The van der Waals surface area contributed by atoms with Crippen LogP contribution in [0.25, 0.3) is 0 Å². The number of aryl methyl sites for hydroxylation is 1. The fourth-order valence-corrected chi connectivity index (χ4v) is 3.53. The maximum atomic E-state index is 12.3. The van der Waals surface area contributed by atoms with Gasteiger partial charge in [0.1, 0.15) is 0 Å². The Morgan fingerprint density at radius 1 is 1.29 bits per heavy atom. The molecule has 116 valence electrons. The lowest BCUT2D eigenvalue weighted by Gasteiger charge is -2.40. The maximum Gasteiger partial charge on any atom is 0.232 e. The van der Waals surface area contributed by atoms with Crippen LogP contribution in [0.2, 0.25) is 0 Å². The largest absolute Gasteiger partial charge is 0.396 e. The van der Waals surface area contributed by atoms with Crippen LogP contribution < -0.4 is 0 Å². The van der Waals surface area contributed by atoms with Gasteiger partial charge >= 0.3 is 0 Å². The molecule has 0 aliphatic carbocycles. The quantitative estimate of drug-likeness (QED) is 0.850. The number of hydrogen-bond acceptors (Lipinski definition) is 3. The summed E-state index contributed by atoms with van der Waals surface area (Å²) in [5.74, 6) is 0.713. The van der Waals surface area contributed by atoms with Crippen LogP contribution in [-0.4, -0.2) is 41.4 Å². The van der Waals surface area contributed by atoms with E-state index >= 15 is 0 Å². The Bertz CT molecular complexity index is 458. The summed E-state index contributed by atoms with van der Waals surface area (Å²) >= 11 is 1.60. The summed E-state index contributed by atoms with van der Waals surface area (Å²) in [5.41, 5.74) is 1.28. The second-order valence-electron chi connectivity index (χ2n) is 5.99. The van der Waals surface area contributed by atoms with Gasteiger partial charge in [-0.1, -0.05) is 24.6 Å². The molecule has 4 heteroatoms. The van der Waals surface area contributed by atoms with E-state index in [0.717, 1.165) is 37.2 Å². The highest BCUT2D eigenvalue weighted by atomic mass is 32.2. The fraction of sp³-hybridized carbons (Fsp3) is 0.588. The Labute approximate surface area is 131 Å². The number of hydrogen-bond donors (Lipinski definition) is 1. The van der Waals surface area contributed by atoms with Gasteiger partial charge in [0.15, 0.2) is 0 Å². The molecule has 2 rings (SSSR count). The molecular weight excluding hydrogens is 282 g/mol. The summed E-state index contributed by atoms with van der Waals surface area (Å²) in [4.78, 5) is 15.4. The maximum absolute atomic E-state index is 12.3. The topological polar surface area (TPSA) is 40.5 Å². The third kappa shape index (κ3) is 4.24. The average Bonchev–Trinajstić information content (AvgIpc) is 2.54. The minimum absolute atomic E-state index is 0.0425. The number of nitrogens with zero attached hydrogens (tertiary/aromatic N) is 1. The zero-order valence-corrected chi connectivity index (χ0v) is 13.8. The van der Waals surface area contributed by atoms with Crippen molar-refractivity contribution in [1.82, 2.24) is 4.90 Å². The molecule has 0 aromatic heterocycles. The SMILES string of the molecule is CCC1(CO)CCN(C(=O)CSc2ccc(C)cc2)CC1. The van der Waals surface area contributed by atoms with E-state index in [4.69, 9.17) is 0 Å². The second kappa shape index (κ2) is 7.32. The van der Waals surface area contributed by atoms with Crippen LogP contribution in [0.4, 0.5) is 0 Å². The second-order valence-corrected chi connectivity index (χ2v) is 7.04. The average molecular weight is 307 g/mol. The van der Waals surface area contributed by atoms with Crippen LogP contribution in [0.3, 0.4) is 0 Å². The summed E-state index contributed by atoms with van der Waals surface area (Å²) in [7, 11) is 0. The molecule has 1 aromatic rings. The summed E-state index contributed by atoms with van der Waals surface area (Å²) in [6, 6.07) is 8.28. The van der Waals surface area contributed by atoms with E-state index in [9.17, 15) is 9.90 Å². The smallest absolute Gasteiger partial charge is 0.232 e. The van der Waals surface area contributed by atoms with Gasteiger partial charge < -0.3 is 10.0 Å². The van der Waals surface area contributed by atoms with E-state index in [2.05, 4.69) is 38.1 Å². The number of piperidine rings is 1. The third-order valence-corrected chi connectivity index (χ3v) is 5.64. The highest BCUT2D eigenvalue weighted by Gasteiger charge is 2.33. The highest BCUT2D eigenvalue weighted by Crippen LogP contribution is 2.34. The lowest BCUT2D eigenvalue weighted by Crippen LogP contribution is -2.45. The predicted molar refractivity (Wildman–Crippen MR) is 87.5 cm³/mol. The fourth-order valence-electron chi connectivity index (χ4n) is 2.72. The van der Waals surface area contributed by atoms with Crippen molar-refractivity contribution in [3.05, 3.63) is 29.8 Å². The molecule has 1 amide bonds. The predicted octanol–water partition coefficient (Wildman–Crippen LogP) is 3.10. The molecule has 1 fully saturated rings. The van der Waals surface area contributed by atoms with Gasteiger partial charge in [0.2, 0.25) is 5.91 Å². The lowest BCUT2D eigenvalue weighted by molar-refractivity contribution is -0.131. The first-order valence-corrected chi connectivity index (χ1v) is 8.65. The first-order valence-electron chi connectivity index (χ1n) is 7.67. The van der Waals surface area contributed by atoms with Gasteiger partial charge in [-0.25, -0.2) is 0 Å². The van der Waals surface area contributed by atoms with Crippen molar-refractivity contribution in [3.8, 4) is 0 Å². The molecule has 0 unspecified atom stereocenters. The molecule has 1 aromatic carbocycles. The minimum Gasteiger partial charge on any atom is -0.396 e. The Morgan fingerprint density at radius 2 is 1.90 bits per heavy atom. The molecule has 1 aliphatic rings. The molecule has 0 saturated carbocycles. The normalized spacial score (nSPS) is 17.8. The van der Waals surface area contributed by atoms with Crippen molar-refractivity contribution in [3.63, 3.8) is 0 Å². The van der Waals surface area contributed by atoms with Crippen molar-refractivity contribution in [1.29, 1.82) is 0 Å². The van der Waals surface area contributed by atoms with Crippen molar-refractivity contribution < 1.29 is 9.90 Å². The Hall–Kier alpha value is -1.00. The van der Waals surface area contributed by atoms with Crippen LogP contribution in [0.5, 0.6) is 0 Å². The monoisotopic (exact) mass is 307 g/mol. The van der Waals surface area contributed by atoms with Crippen molar-refractivity contribution in [2.24, 2.45) is 5.41 Å². The lowest BCUT2D eigenvalue weighted by atomic mass is 9.77. The number of benzene rings is 1. The van der Waals surface area contributed by atoms with Gasteiger partial charge in [-0.05, 0) is 43.7 Å². The molecule has 0 spiro atoms. The number of amides is 1. The van der Waals surface area contributed by atoms with Gasteiger partial charge in [-0.3, -0.25) is 4.79 Å². The molecule has 3 nitrogen and oxygen atoms in total. The molecule has 0 atom stereocenters. The van der Waals surface area contributed by atoms with Gasteiger partial charge in [0.05, 0.1) is 5.75 Å². The zero-order valence-electron chi connectivity index (χ0n) is 13.0. The number of thioether (sulfide) groups is 1. The third-order valence-electron chi connectivity index (χ3n) is 4.65. The van der Waals surface area contributed by atoms with E-state index in [0.29, 0.717) is 5.75 Å². The van der Waals surface area contributed by atoms with Crippen molar-refractivity contribution >= 4 is 17.7 Å². The molecule has 0 bridgehead atoms. The van der Waals surface area contributed by atoms with Crippen LogP contribution in [0.1, 0.15) is 31.7 Å². The van der Waals surface area contributed by atoms with E-state index in [1.165, 1.54) is 5.56 Å². The van der Waals surface area contributed by atoms with Crippen LogP contribution in [0.15, 0.2) is 29.2 Å². The number of carbonyl (C=O) groups is 1. The van der Waals surface area contributed by atoms with Gasteiger partial charge in [0.25, 0.3) is 0 Å². The molecule has 1 aliphatic heterocycles. The first-order chi connectivity index (χ1) is 10.1. The van der Waals surface area contributed by atoms with Gasteiger partial charge in [-0.15, -0.1) is 11.8 Å². The first kappa shape index (κ1) is 16.4. The molecule has 1 N–H and O–H groups in total. The van der Waals surface area contributed by atoms with E-state index in [-0.39, 0.29) is 17.9 Å². The van der Waals surface area contributed by atoms with Gasteiger partial charge in [-0.2, -0.15) is 0 Å². The molecule has 1 heterocycles. The Balaban J connectivity index is 1.81. The molecule has 21 heavy (non-hydrogen) atoms. The number of aliphatic hydroxyl groups excluding tert-OH is 1. The standard InChI is InChI=1S/C17H25NO2S/c1-3-17(13-19)8-10-18(11-9-17)16(20)12-21-15-6-4-14(2)5-7-15/h4-7,19H,3,8-13H2,1-2H3. The molecular formula is C17H25NO2S. The number of rotatable bonds is 5. The van der Waals surface area contributed by atoms with Crippen molar-refractivity contribution in [2.75, 3.05) is 25.4 Å². The van der Waals surface area contributed by atoms with Crippen LogP contribution in [0, 0.1) is 12.3 Å². The Kier molecular flexibility index (Phi) is 5.71. The van der Waals surface area contributed by atoms with Crippen molar-refractivity contribution in [2.45, 2.75) is 38.0 Å². The summed E-state index contributed by atoms with van der Waals surface area (Å²) in [6.07, 6.45) is 2.82. The summed E-state index contributed by atoms with van der Waals surface area (Å²) < 4.78 is 0. The van der Waals surface area contributed by atoms with Crippen LogP contribution in [-0.2, 0) is 4.79 Å². The highest BCUT2D eigenvalue weighted by molar-refractivity contribution is 8.00. The Morgan fingerprint density at radius 3 is 2.43 bits per heavy atom. The van der Waals surface area contributed by atoms with E-state index < -0.39 is 0 Å².